The molecule has 4 nitrogen and oxygen atoms in total. The van der Waals surface area contributed by atoms with Gasteiger partial charge in [-0.05, 0) is 25.1 Å². The third-order valence-corrected chi connectivity index (χ3v) is 1.98. The van der Waals surface area contributed by atoms with Gasteiger partial charge in [0, 0.05) is 17.5 Å². The van der Waals surface area contributed by atoms with Crippen molar-refractivity contribution in [1.82, 2.24) is 0 Å². The van der Waals surface area contributed by atoms with E-state index in [-0.39, 0.29) is 36.5 Å². The third-order valence-electron chi connectivity index (χ3n) is 1.74. The monoisotopic (exact) mass is 264 g/mol. The van der Waals surface area contributed by atoms with Crippen molar-refractivity contribution in [3.05, 3.63) is 23.2 Å². The first kappa shape index (κ1) is 15.0. The van der Waals surface area contributed by atoms with E-state index in [0.717, 1.165) is 0 Å². The minimum absolute atomic E-state index is 0. The second-order valence-corrected chi connectivity index (χ2v) is 3.83. The third kappa shape index (κ3) is 4.70. The van der Waals surface area contributed by atoms with Crippen molar-refractivity contribution in [2.24, 2.45) is 5.73 Å². The number of nitrogens with one attached hydrogen (secondary N) is 1. The minimum Gasteiger partial charge on any atom is -0.506 e. The largest absolute Gasteiger partial charge is 0.506 e. The maximum atomic E-state index is 11.3. The lowest BCUT2D eigenvalue weighted by Gasteiger charge is -2.08. The molecule has 0 radical (unpaired) electrons. The zero-order chi connectivity index (χ0) is 11.4. The lowest BCUT2D eigenvalue weighted by Crippen LogP contribution is -2.23. The Morgan fingerprint density at radius 1 is 1.62 bits per heavy atom. The molecule has 4 N–H and O–H groups in total. The molecule has 0 heterocycles. The molecule has 1 amide bonds. The van der Waals surface area contributed by atoms with Crippen molar-refractivity contribution in [2.75, 3.05) is 5.32 Å². The first-order valence-corrected chi connectivity index (χ1v) is 4.91. The maximum Gasteiger partial charge on any atom is 0.226 e. The molecule has 0 aromatic heterocycles. The van der Waals surface area contributed by atoms with Crippen LogP contribution in [0.5, 0.6) is 5.75 Å². The van der Waals surface area contributed by atoms with Crippen molar-refractivity contribution >= 4 is 35.6 Å². The van der Waals surface area contributed by atoms with E-state index in [1.807, 2.05) is 0 Å². The summed E-state index contributed by atoms with van der Waals surface area (Å²) < 4.78 is 0. The van der Waals surface area contributed by atoms with Crippen LogP contribution in [0.25, 0.3) is 0 Å². The standard InChI is InChI=1S/C10H13ClN2O2.ClH/c1-6(12)4-10(15)13-8-5-7(11)2-3-9(8)14;/h2-3,5-6,14H,4,12H2,1H3,(H,13,15);1H. The van der Waals surface area contributed by atoms with E-state index < -0.39 is 0 Å². The van der Waals surface area contributed by atoms with Crippen LogP contribution < -0.4 is 11.1 Å². The predicted octanol–water partition coefficient (Wildman–Crippen LogP) is 2.14. The Bertz CT molecular complexity index is 370. The van der Waals surface area contributed by atoms with E-state index in [1.165, 1.54) is 18.2 Å². The lowest BCUT2D eigenvalue weighted by atomic mass is 10.2. The van der Waals surface area contributed by atoms with E-state index >= 15 is 0 Å². The van der Waals surface area contributed by atoms with Gasteiger partial charge in [-0.2, -0.15) is 0 Å². The number of carbonyl (C=O) groups excluding carboxylic acids is 1. The molecule has 1 unspecified atom stereocenters. The van der Waals surface area contributed by atoms with Crippen LogP contribution in [0.3, 0.4) is 0 Å². The molecule has 90 valence electrons. The highest BCUT2D eigenvalue weighted by Crippen LogP contribution is 2.26. The average Bonchev–Trinajstić information content (AvgIpc) is 2.10. The van der Waals surface area contributed by atoms with Crippen LogP contribution in [0, 0.1) is 0 Å². The van der Waals surface area contributed by atoms with E-state index in [4.69, 9.17) is 17.3 Å². The highest BCUT2D eigenvalue weighted by molar-refractivity contribution is 6.31. The van der Waals surface area contributed by atoms with Crippen LogP contribution in [0.15, 0.2) is 18.2 Å². The number of carbonyl (C=O) groups is 1. The number of aromatic hydroxyl groups is 1. The molecular weight excluding hydrogens is 251 g/mol. The van der Waals surface area contributed by atoms with Gasteiger partial charge in [-0.3, -0.25) is 4.79 Å². The van der Waals surface area contributed by atoms with Gasteiger partial charge < -0.3 is 16.2 Å². The molecule has 1 aromatic carbocycles. The van der Waals surface area contributed by atoms with Gasteiger partial charge in [0.25, 0.3) is 0 Å². The van der Waals surface area contributed by atoms with Crippen LogP contribution in [-0.4, -0.2) is 17.1 Å². The zero-order valence-corrected chi connectivity index (χ0v) is 10.3. The Kier molecular flexibility index (Phi) is 6.18. The van der Waals surface area contributed by atoms with Crippen LogP contribution in [-0.2, 0) is 4.79 Å². The summed E-state index contributed by atoms with van der Waals surface area (Å²) >= 11 is 5.72. The fourth-order valence-electron chi connectivity index (χ4n) is 1.10. The van der Waals surface area contributed by atoms with Crippen LogP contribution in [0.2, 0.25) is 5.02 Å². The van der Waals surface area contributed by atoms with Crippen molar-refractivity contribution in [1.29, 1.82) is 0 Å². The Hall–Kier alpha value is -0.970. The smallest absolute Gasteiger partial charge is 0.226 e. The topological polar surface area (TPSA) is 75.4 Å². The van der Waals surface area contributed by atoms with Gasteiger partial charge in [-0.1, -0.05) is 11.6 Å². The molecule has 1 aromatic rings. The highest BCUT2D eigenvalue weighted by Gasteiger charge is 2.08. The normalized spacial score (nSPS) is 11.4. The number of phenolic OH excluding ortho intramolecular Hbond substituents is 1. The van der Waals surface area contributed by atoms with Crippen LogP contribution >= 0.6 is 24.0 Å². The number of hydrogen-bond donors (Lipinski definition) is 3. The number of amides is 1. The summed E-state index contributed by atoms with van der Waals surface area (Å²) in [6.45, 7) is 1.73. The van der Waals surface area contributed by atoms with Crippen LogP contribution in [0.1, 0.15) is 13.3 Å². The average molecular weight is 265 g/mol. The van der Waals surface area contributed by atoms with Crippen molar-refractivity contribution in [3.8, 4) is 5.75 Å². The van der Waals surface area contributed by atoms with Gasteiger partial charge in [0.2, 0.25) is 5.91 Å². The van der Waals surface area contributed by atoms with Gasteiger partial charge in [-0.25, -0.2) is 0 Å². The summed E-state index contributed by atoms with van der Waals surface area (Å²) in [5, 5.41) is 12.4. The van der Waals surface area contributed by atoms with Gasteiger partial charge in [0.05, 0.1) is 5.69 Å². The second-order valence-electron chi connectivity index (χ2n) is 3.39. The van der Waals surface area contributed by atoms with E-state index in [2.05, 4.69) is 5.32 Å². The number of anilines is 1. The molecular formula is C10H14Cl2N2O2. The summed E-state index contributed by atoms with van der Waals surface area (Å²) in [5.74, 6) is -0.264. The number of benzene rings is 1. The van der Waals surface area contributed by atoms with Gasteiger partial charge in [0.15, 0.2) is 0 Å². The van der Waals surface area contributed by atoms with Crippen molar-refractivity contribution in [2.45, 2.75) is 19.4 Å². The molecule has 0 aliphatic carbocycles. The van der Waals surface area contributed by atoms with E-state index in [1.54, 1.807) is 6.92 Å². The Morgan fingerprint density at radius 2 is 2.25 bits per heavy atom. The Balaban J connectivity index is 0.00000225. The first-order chi connectivity index (χ1) is 6.99. The first-order valence-electron chi connectivity index (χ1n) is 4.53. The summed E-state index contributed by atoms with van der Waals surface area (Å²) in [7, 11) is 0. The molecule has 1 atom stereocenters. The zero-order valence-electron chi connectivity index (χ0n) is 8.74. The molecule has 1 rings (SSSR count). The fourth-order valence-corrected chi connectivity index (χ4v) is 1.27. The summed E-state index contributed by atoms with van der Waals surface area (Å²) in [6, 6.07) is 4.23. The number of nitrogens with two attached hydrogens (primary N) is 1. The summed E-state index contributed by atoms with van der Waals surface area (Å²) in [6.07, 6.45) is 0.200. The highest BCUT2D eigenvalue weighted by atomic mass is 35.5. The lowest BCUT2D eigenvalue weighted by molar-refractivity contribution is -0.116. The van der Waals surface area contributed by atoms with Crippen LogP contribution in [0.4, 0.5) is 5.69 Å². The van der Waals surface area contributed by atoms with E-state index in [9.17, 15) is 9.90 Å². The van der Waals surface area contributed by atoms with E-state index in [0.29, 0.717) is 10.7 Å². The van der Waals surface area contributed by atoms with Crippen molar-refractivity contribution < 1.29 is 9.90 Å². The number of phenols is 1. The minimum atomic E-state index is -0.248. The number of rotatable bonds is 3. The molecule has 0 fully saturated rings. The van der Waals surface area contributed by atoms with Gasteiger partial charge >= 0.3 is 0 Å². The summed E-state index contributed by atoms with van der Waals surface area (Å²) in [5.41, 5.74) is 5.76. The fraction of sp³-hybridized carbons (Fsp3) is 0.300. The molecule has 0 saturated heterocycles. The molecule has 6 heteroatoms. The number of hydrogen-bond acceptors (Lipinski definition) is 3. The maximum absolute atomic E-state index is 11.3. The molecule has 16 heavy (non-hydrogen) atoms. The SMILES string of the molecule is CC(N)CC(=O)Nc1cc(Cl)ccc1O.Cl. The Labute approximate surface area is 105 Å². The van der Waals surface area contributed by atoms with Crippen molar-refractivity contribution in [3.63, 3.8) is 0 Å². The van der Waals surface area contributed by atoms with Gasteiger partial charge in [0.1, 0.15) is 5.75 Å². The predicted molar refractivity (Wildman–Crippen MR) is 67.3 cm³/mol. The number of halogens is 2. The second kappa shape index (κ2) is 6.58. The van der Waals surface area contributed by atoms with Gasteiger partial charge in [-0.15, -0.1) is 12.4 Å². The molecule has 0 bridgehead atoms. The Morgan fingerprint density at radius 3 is 2.81 bits per heavy atom. The molecule has 0 aliphatic rings. The molecule has 0 saturated carbocycles. The molecule has 0 aliphatic heterocycles. The summed E-state index contributed by atoms with van der Waals surface area (Å²) in [4.78, 5) is 11.3. The quantitative estimate of drug-likeness (QED) is 0.733. The molecule has 0 spiro atoms.